The molecule has 1 unspecified atom stereocenters. The van der Waals surface area contributed by atoms with Crippen LogP contribution in [0.5, 0.6) is 0 Å². The molecule has 0 heterocycles. The van der Waals surface area contributed by atoms with Crippen LogP contribution in [0.1, 0.15) is 37.1 Å². The molecule has 0 rings (SSSR count). The van der Waals surface area contributed by atoms with E-state index in [4.69, 9.17) is 19.2 Å². The Morgan fingerprint density at radius 2 is 2.55 bits per heavy atom. The molecule has 3 N–H and O–H groups in total. The second kappa shape index (κ2) is 22.4. The Bertz CT molecular complexity index is 320. The summed E-state index contributed by atoms with van der Waals surface area (Å²) < 4.78 is 86.8. The average molecular weight is 188 g/mol. The Morgan fingerprint density at radius 1 is 2.18 bits per heavy atom. The second-order valence-electron chi connectivity index (χ2n) is 1.11. The molecule has 0 saturated carbocycles. The zero-order valence-corrected chi connectivity index (χ0v) is 8.80. The van der Waals surface area contributed by atoms with Crippen LogP contribution >= 0.6 is 0 Å². The third kappa shape index (κ3) is 1860. The number of aliphatic hydroxyl groups is 1. The van der Waals surface area contributed by atoms with Crippen LogP contribution in [0.4, 0.5) is 0 Å². The Labute approximate surface area is 112 Å². The Kier molecular flexibility index (Phi) is 6.32. The van der Waals surface area contributed by atoms with Crippen LogP contribution in [0.25, 0.3) is 0 Å². The fourth-order valence-corrected chi connectivity index (χ4v) is 0. The van der Waals surface area contributed by atoms with Crippen molar-refractivity contribution in [2.75, 3.05) is 0 Å². The van der Waals surface area contributed by atoms with Gasteiger partial charge in [0.05, 0.1) is 1.37 Å². The molecule has 1 atom stereocenters. The van der Waals surface area contributed by atoms with Crippen molar-refractivity contribution in [1.29, 1.82) is 9.64 Å². The van der Waals surface area contributed by atoms with Gasteiger partial charge < -0.3 is 15.4 Å². The molecule has 0 fully saturated rings. The quantitative estimate of drug-likeness (QED) is 0.423. The van der Waals surface area contributed by atoms with Crippen LogP contribution in [-0.4, -0.2) is 40.4 Å². The average Bonchev–Trinajstić information content (AvgIpc) is 2.25. The van der Waals surface area contributed by atoms with Gasteiger partial charge in [0.15, 0.2) is 0 Å². The summed E-state index contributed by atoms with van der Waals surface area (Å²) in [4.78, 5) is 9.90. The molecule has 3 nitrogen and oxygen atoms in total. The zero-order chi connectivity index (χ0) is 21.0. The number of ketones is 1. The third-order valence-corrected chi connectivity index (χ3v) is 0. The van der Waals surface area contributed by atoms with Crippen LogP contribution in [0.3, 0.4) is 0 Å². The first-order chi connectivity index (χ1) is 10.2. The molecular weight excluding hydrogens is 154 g/mol. The molecule has 0 radical (unpaired) electrons. The van der Waals surface area contributed by atoms with Gasteiger partial charge in [-0.1, -0.05) is 8.27 Å². The molecule has 0 amide bonds. The van der Waals surface area contributed by atoms with Crippen LogP contribution in [0.15, 0.2) is 0 Å². The monoisotopic (exact) mass is 188 g/mol. The number of carbonyl (C=O) groups excluding carboxylic acids is 1. The topological polar surface area (TPSA) is 68.8 Å². The van der Waals surface area contributed by atoms with E-state index in [9.17, 15) is 4.79 Å². The molecule has 0 aromatic rings. The van der Waals surface area contributed by atoms with Crippen molar-refractivity contribution in [2.45, 2.75) is 33.6 Å². The molecule has 66 valence electrons. The zero-order valence-electron chi connectivity index (χ0n) is 20.8. The van der Waals surface area contributed by atoms with E-state index in [1.54, 1.807) is 0 Å². The molecule has 0 bridgehead atoms. The minimum Gasteiger partial charge on any atom is -0.412 e. The van der Waals surface area contributed by atoms with E-state index in [0.717, 1.165) is 13.8 Å². The Morgan fingerprint density at radius 3 is 2.55 bits per heavy atom. The van der Waals surface area contributed by atoms with Crippen LogP contribution in [0, 0.1) is 0 Å². The first kappa shape index (κ1) is 3.10. The van der Waals surface area contributed by atoms with Gasteiger partial charge in [0, 0.05) is 14.3 Å². The molecule has 0 aliphatic carbocycles. The van der Waals surface area contributed by atoms with Crippen molar-refractivity contribution >= 4 is 14.0 Å². The SMILES string of the molecule is [2H]C([2H])([2H])C(C)=O.[2H]OC([2H])(C)C([2H])([2H])[2H].[2H]O[2H].[2H][B-]([2H])([2H])[2H].[Na+]. The minimum absolute atomic E-state index is 0. The van der Waals surface area contributed by atoms with Gasteiger partial charge in [0.2, 0.25) is 4.29 Å². The molecule has 11 heavy (non-hydrogen) atoms. The van der Waals surface area contributed by atoms with E-state index in [2.05, 4.69) is 10.6 Å². The first-order valence-corrected chi connectivity index (χ1v) is 1.91. The number of rotatable bonds is 1. The maximum absolute atomic E-state index is 9.90. The molecule has 0 aromatic heterocycles. The molecule has 0 spiro atoms. The van der Waals surface area contributed by atoms with E-state index < -0.39 is 33.8 Å². The summed E-state index contributed by atoms with van der Waals surface area (Å²) in [7, 11) is -3.00. The van der Waals surface area contributed by atoms with Crippen molar-refractivity contribution in [3.63, 3.8) is 0 Å². The van der Waals surface area contributed by atoms with Crippen molar-refractivity contribution in [1.82, 2.24) is 0 Å². The summed E-state index contributed by atoms with van der Waals surface area (Å²) in [5.41, 5.74) is 2.75. The second-order valence-corrected chi connectivity index (χ2v) is 1.11. The Balaban J connectivity index is -0.0000000749. The van der Waals surface area contributed by atoms with Crippen molar-refractivity contribution in [3.8, 4) is 0 Å². The van der Waals surface area contributed by atoms with Crippen LogP contribution in [0.2, 0.25) is 0 Å². The molecule has 0 aliphatic rings. The number of Topliss-reactive ketones (excluding diaryl/α,β-unsaturated/α-hetero) is 1. The van der Waals surface area contributed by atoms with Gasteiger partial charge in [-0.3, -0.25) is 0 Å². The van der Waals surface area contributed by atoms with Crippen LogP contribution < -0.4 is 29.6 Å². The molecule has 0 aliphatic heterocycles. The smallest absolute Gasteiger partial charge is 0.412 e. The van der Waals surface area contributed by atoms with Gasteiger partial charge in [0.1, 0.15) is 5.78 Å². The molecule has 0 saturated heterocycles. The number of hydrogen-bond donors (Lipinski definition) is 1. The van der Waals surface area contributed by atoms with Crippen molar-refractivity contribution in [3.05, 3.63) is 0 Å². The predicted molar refractivity (Wildman–Crippen MR) is 48.7 cm³/mol. The number of hydrogen-bond acceptors (Lipinski definition) is 2. The predicted octanol–water partition coefficient (Wildman–Crippen LogP) is -4.29. The summed E-state index contributed by atoms with van der Waals surface area (Å²) in [6.45, 7) is -2.87. The maximum atomic E-state index is 9.90. The van der Waals surface area contributed by atoms with E-state index in [1.165, 1.54) is 0 Å². The summed E-state index contributed by atoms with van der Waals surface area (Å²) in [6, 6.07) is 0. The van der Waals surface area contributed by atoms with Crippen molar-refractivity contribution < 1.29 is 54.5 Å². The molecular formula is C6H20BNaO3. The van der Waals surface area contributed by atoms with E-state index in [0.29, 0.717) is 0 Å². The van der Waals surface area contributed by atoms with Gasteiger partial charge in [-0.05, 0) is 27.6 Å². The fraction of sp³-hybridized carbons (Fsp3) is 0.833. The molecule has 5 heteroatoms. The minimum atomic E-state index is -3.00. The van der Waals surface area contributed by atoms with Gasteiger partial charge >= 0.3 is 29.6 Å². The largest absolute Gasteiger partial charge is 1.00 e. The maximum Gasteiger partial charge on any atom is 1.00 e. The standard InChI is InChI=1S/C3H8O.C3H6O.BH4.Na.H2O/c2*1-3(2)4;;;/h3-4H,1-2H3;1-2H3;1H4;;1H2/q;;-1;+1;/i1D3,3D,4D;1D3;1D4;;/hD2. The van der Waals surface area contributed by atoms with Gasteiger partial charge in [-0.2, -0.15) is 0 Å². The summed E-state index contributed by atoms with van der Waals surface area (Å²) in [5, 5.41) is 3.66. The molecule has 0 aromatic carbocycles. The fourth-order valence-electron chi connectivity index (χ4n) is 0. The van der Waals surface area contributed by atoms with Crippen molar-refractivity contribution in [2.24, 2.45) is 0 Å². The Hall–Kier alpha value is 0.655. The van der Waals surface area contributed by atoms with Gasteiger partial charge in [-0.15, -0.1) is 0 Å². The summed E-state index contributed by atoms with van der Waals surface area (Å²) in [5.74, 6) is -0.757. The van der Waals surface area contributed by atoms with Gasteiger partial charge in [-0.25, -0.2) is 5.34 Å². The summed E-state index contributed by atoms with van der Waals surface area (Å²) >= 11 is 0. The summed E-state index contributed by atoms with van der Waals surface area (Å²) in [6.07, 6.45) is -2.10. The van der Waals surface area contributed by atoms with E-state index in [-0.39, 0.29) is 29.6 Å². The number of carbonyl (C=O) groups is 1. The van der Waals surface area contributed by atoms with E-state index in [1.807, 2.05) is 0 Å². The first-order valence-electron chi connectivity index (χ1n) is 8.94. The normalized spacial score (nSPS) is 31.5. The third-order valence-electron chi connectivity index (χ3n) is 0. The van der Waals surface area contributed by atoms with E-state index >= 15 is 0 Å². The van der Waals surface area contributed by atoms with Crippen LogP contribution in [-0.2, 0) is 4.79 Å². The van der Waals surface area contributed by atoms with Gasteiger partial charge in [0.25, 0.3) is 0 Å².